The van der Waals surface area contributed by atoms with Crippen LogP contribution in [0.25, 0.3) is 0 Å². The summed E-state index contributed by atoms with van der Waals surface area (Å²) < 4.78 is 0. The van der Waals surface area contributed by atoms with Crippen LogP contribution in [0.1, 0.15) is 32.1 Å². The Labute approximate surface area is 96.9 Å². The van der Waals surface area contributed by atoms with Crippen molar-refractivity contribution in [3.05, 3.63) is 11.6 Å². The van der Waals surface area contributed by atoms with Gasteiger partial charge in [-0.25, -0.2) is 0 Å². The number of hydrogen-bond acceptors (Lipinski definition) is 1. The van der Waals surface area contributed by atoms with Crippen LogP contribution in [0.2, 0.25) is 0 Å². The van der Waals surface area contributed by atoms with Gasteiger partial charge in [-0.3, -0.25) is 0 Å². The second-order valence-corrected chi connectivity index (χ2v) is 4.80. The summed E-state index contributed by atoms with van der Waals surface area (Å²) in [5.41, 5.74) is 1.67. The summed E-state index contributed by atoms with van der Waals surface area (Å²) in [7, 11) is 0. The molecule has 0 spiro atoms. The van der Waals surface area contributed by atoms with Crippen molar-refractivity contribution < 1.29 is 4.90 Å². The minimum atomic E-state index is 0.802. The van der Waals surface area contributed by atoms with Crippen LogP contribution in [0.3, 0.4) is 0 Å². The van der Waals surface area contributed by atoms with E-state index in [0.29, 0.717) is 0 Å². The molecule has 84 valence electrons. The number of quaternary nitrogens is 1. The number of hydrogen-bond donors (Lipinski definition) is 3. The van der Waals surface area contributed by atoms with Crippen molar-refractivity contribution in [1.82, 2.24) is 10.6 Å². The minimum Gasteiger partial charge on any atom is -0.316 e. The molecule has 2 aliphatic rings. The molecule has 1 fully saturated rings. The Morgan fingerprint density at radius 3 is 2.73 bits per heavy atom. The van der Waals surface area contributed by atoms with Gasteiger partial charge in [0.15, 0.2) is 18.4 Å². The lowest BCUT2D eigenvalue weighted by Gasteiger charge is -2.27. The fourth-order valence-corrected chi connectivity index (χ4v) is 2.33. The Balaban J connectivity index is 1.69. The minimum absolute atomic E-state index is 0.802. The maximum Gasteiger partial charge on any atom is 0.174 e. The molecule has 0 saturated carbocycles. The lowest BCUT2D eigenvalue weighted by atomic mass is 9.97. The summed E-state index contributed by atoms with van der Waals surface area (Å²) in [6.45, 7) is 3.16. The molecule has 2 rings (SSSR count). The lowest BCUT2D eigenvalue weighted by molar-refractivity contribution is -0.906. The van der Waals surface area contributed by atoms with E-state index in [1.54, 1.807) is 10.5 Å². The molecule has 1 aliphatic carbocycles. The van der Waals surface area contributed by atoms with Crippen LogP contribution in [0.4, 0.5) is 0 Å². The largest absolute Gasteiger partial charge is 0.316 e. The molecular formula is C11H20N3S+. The molecule has 0 aromatic rings. The van der Waals surface area contributed by atoms with Crippen LogP contribution in [-0.2, 0) is 0 Å². The summed E-state index contributed by atoms with van der Waals surface area (Å²) >= 11 is 5.02. The van der Waals surface area contributed by atoms with E-state index in [9.17, 15) is 0 Å². The molecule has 0 aromatic heterocycles. The summed E-state index contributed by atoms with van der Waals surface area (Å²) in [6.07, 6.45) is 9.10. The van der Waals surface area contributed by atoms with Gasteiger partial charge in [0.05, 0.1) is 6.54 Å². The van der Waals surface area contributed by atoms with Crippen molar-refractivity contribution >= 4 is 17.3 Å². The van der Waals surface area contributed by atoms with Crippen LogP contribution < -0.4 is 15.5 Å². The fraction of sp³-hybridized carbons (Fsp3) is 0.727. The number of nitrogens with one attached hydrogen (secondary N) is 3. The highest BCUT2D eigenvalue weighted by Gasteiger charge is 2.15. The molecule has 0 radical (unpaired) electrons. The van der Waals surface area contributed by atoms with E-state index in [0.717, 1.165) is 18.4 Å². The smallest absolute Gasteiger partial charge is 0.174 e. The topological polar surface area (TPSA) is 28.5 Å². The van der Waals surface area contributed by atoms with E-state index >= 15 is 0 Å². The Morgan fingerprint density at radius 1 is 1.27 bits per heavy atom. The van der Waals surface area contributed by atoms with Gasteiger partial charge in [0.25, 0.3) is 0 Å². The van der Waals surface area contributed by atoms with Gasteiger partial charge in [-0.05, 0) is 37.9 Å². The first-order valence-electron chi connectivity index (χ1n) is 5.88. The number of rotatable bonds is 3. The van der Waals surface area contributed by atoms with Gasteiger partial charge in [-0.2, -0.15) is 0 Å². The third-order valence-corrected chi connectivity index (χ3v) is 3.47. The van der Waals surface area contributed by atoms with E-state index in [1.807, 2.05) is 0 Å². The van der Waals surface area contributed by atoms with E-state index in [4.69, 9.17) is 12.2 Å². The molecule has 1 saturated heterocycles. The molecule has 1 heterocycles. The van der Waals surface area contributed by atoms with E-state index in [2.05, 4.69) is 16.7 Å². The molecule has 3 nitrogen and oxygen atoms in total. The Hall–Kier alpha value is -0.610. The van der Waals surface area contributed by atoms with Crippen molar-refractivity contribution in [2.45, 2.75) is 32.1 Å². The van der Waals surface area contributed by atoms with Gasteiger partial charge in [0.2, 0.25) is 0 Å². The van der Waals surface area contributed by atoms with Crippen molar-refractivity contribution in [2.24, 2.45) is 0 Å². The maximum absolute atomic E-state index is 5.02. The first kappa shape index (κ1) is 10.9. The van der Waals surface area contributed by atoms with Crippen LogP contribution in [0.5, 0.6) is 0 Å². The average Bonchev–Trinajstić information content (AvgIpc) is 2.30. The van der Waals surface area contributed by atoms with Crippen LogP contribution in [0.15, 0.2) is 11.6 Å². The molecule has 0 atom stereocenters. The molecule has 3 N–H and O–H groups in total. The second-order valence-electron chi connectivity index (χ2n) is 4.39. The van der Waals surface area contributed by atoms with Gasteiger partial charge in [0.1, 0.15) is 0 Å². The Morgan fingerprint density at radius 2 is 2.07 bits per heavy atom. The van der Waals surface area contributed by atoms with E-state index in [-0.39, 0.29) is 0 Å². The quantitative estimate of drug-likeness (QED) is 0.473. The van der Waals surface area contributed by atoms with Gasteiger partial charge in [0, 0.05) is 6.42 Å². The van der Waals surface area contributed by atoms with Crippen molar-refractivity contribution in [3.8, 4) is 0 Å². The maximum atomic E-state index is 5.02. The van der Waals surface area contributed by atoms with Crippen LogP contribution >= 0.6 is 12.2 Å². The molecule has 4 heteroatoms. The van der Waals surface area contributed by atoms with Crippen molar-refractivity contribution in [3.63, 3.8) is 0 Å². The lowest BCUT2D eigenvalue weighted by Crippen LogP contribution is -3.17. The fourth-order valence-electron chi connectivity index (χ4n) is 2.18. The second kappa shape index (κ2) is 5.47. The summed E-state index contributed by atoms with van der Waals surface area (Å²) in [5, 5.41) is 7.17. The summed E-state index contributed by atoms with van der Waals surface area (Å²) in [6, 6.07) is 0. The van der Waals surface area contributed by atoms with Gasteiger partial charge >= 0.3 is 0 Å². The Bertz CT molecular complexity index is 253. The predicted octanol–water partition coefficient (Wildman–Crippen LogP) is 0.154. The average molecular weight is 226 g/mol. The van der Waals surface area contributed by atoms with Crippen LogP contribution in [0, 0.1) is 0 Å². The highest BCUT2D eigenvalue weighted by molar-refractivity contribution is 7.80. The SMILES string of the molecule is S=C1NC[NH+](CCC2=CCCCC2)CN1. The first-order chi connectivity index (χ1) is 7.34. The van der Waals surface area contributed by atoms with E-state index in [1.165, 1.54) is 38.6 Å². The molecule has 0 amide bonds. The van der Waals surface area contributed by atoms with Crippen LogP contribution in [-0.4, -0.2) is 25.0 Å². The van der Waals surface area contributed by atoms with Gasteiger partial charge in [-0.1, -0.05) is 11.6 Å². The Kier molecular flexibility index (Phi) is 3.97. The number of allylic oxidation sites excluding steroid dienone is 1. The molecule has 15 heavy (non-hydrogen) atoms. The molecule has 0 unspecified atom stereocenters. The third-order valence-electron chi connectivity index (χ3n) is 3.18. The highest BCUT2D eigenvalue weighted by Crippen LogP contribution is 2.18. The summed E-state index contributed by atoms with van der Waals surface area (Å²) in [5.74, 6) is 0. The number of thiocarbonyl (C=S) groups is 1. The molecule has 0 bridgehead atoms. The third kappa shape index (κ3) is 3.47. The van der Waals surface area contributed by atoms with E-state index < -0.39 is 0 Å². The predicted molar refractivity (Wildman–Crippen MR) is 65.6 cm³/mol. The van der Waals surface area contributed by atoms with Crippen molar-refractivity contribution in [1.29, 1.82) is 0 Å². The van der Waals surface area contributed by atoms with Gasteiger partial charge < -0.3 is 15.5 Å². The zero-order valence-corrected chi connectivity index (χ0v) is 9.96. The molecule has 1 aliphatic heterocycles. The monoisotopic (exact) mass is 226 g/mol. The van der Waals surface area contributed by atoms with Gasteiger partial charge in [-0.15, -0.1) is 0 Å². The summed E-state index contributed by atoms with van der Waals surface area (Å²) in [4.78, 5) is 1.55. The zero-order valence-electron chi connectivity index (χ0n) is 9.14. The molecule has 0 aromatic carbocycles. The highest BCUT2D eigenvalue weighted by atomic mass is 32.1. The van der Waals surface area contributed by atoms with Crippen molar-refractivity contribution in [2.75, 3.05) is 19.9 Å². The molecular weight excluding hydrogens is 206 g/mol. The standard InChI is InChI=1S/C11H19N3S/c15-11-12-8-14(9-13-11)7-6-10-4-2-1-3-5-10/h4H,1-3,5-9H2,(H2,12,13,15)/p+1. The normalized spacial score (nSPS) is 22.9. The zero-order chi connectivity index (χ0) is 10.5. The first-order valence-corrected chi connectivity index (χ1v) is 6.28.